The number of halogens is 1. The van der Waals surface area contributed by atoms with Crippen LogP contribution in [0, 0.1) is 0 Å². The van der Waals surface area contributed by atoms with Crippen LogP contribution < -0.4 is 5.32 Å². The summed E-state index contributed by atoms with van der Waals surface area (Å²) < 4.78 is 11.1. The molecule has 0 bridgehead atoms. The second-order valence-electron chi connectivity index (χ2n) is 8.73. The van der Waals surface area contributed by atoms with E-state index in [2.05, 4.69) is 57.6 Å². The molecule has 0 aliphatic carbocycles. The van der Waals surface area contributed by atoms with Crippen molar-refractivity contribution in [2.75, 3.05) is 59.1 Å². The lowest BCUT2D eigenvalue weighted by Gasteiger charge is -2.39. The van der Waals surface area contributed by atoms with Gasteiger partial charge < -0.3 is 14.8 Å². The Morgan fingerprint density at radius 1 is 1.06 bits per heavy atom. The first kappa shape index (κ1) is 24.2. The highest BCUT2D eigenvalue weighted by atomic mass is 35.5. The number of carbonyl (C=O) groups excluding carboxylic acids is 1. The molecule has 33 heavy (non-hydrogen) atoms. The van der Waals surface area contributed by atoms with Crippen molar-refractivity contribution in [2.45, 2.75) is 25.0 Å². The van der Waals surface area contributed by atoms with Crippen LogP contribution in [0.25, 0.3) is 0 Å². The molecule has 0 radical (unpaired) electrons. The summed E-state index contributed by atoms with van der Waals surface area (Å²) in [5.74, 6) is -0.0658. The number of piperazine rings is 1. The van der Waals surface area contributed by atoms with E-state index in [-0.39, 0.29) is 24.7 Å². The molecular weight excluding hydrogens is 438 g/mol. The zero-order valence-corrected chi connectivity index (χ0v) is 19.9. The fraction of sp³-hybridized carbons (Fsp3) is 0.500. The first-order valence-corrected chi connectivity index (χ1v) is 12.3. The number of carbonyl (C=O) groups is 1. The molecule has 4 rings (SSSR count). The van der Waals surface area contributed by atoms with Gasteiger partial charge in [-0.1, -0.05) is 54.1 Å². The summed E-state index contributed by atoms with van der Waals surface area (Å²) in [4.78, 5) is 16.9. The van der Waals surface area contributed by atoms with Crippen LogP contribution in [0.15, 0.2) is 54.6 Å². The highest BCUT2D eigenvalue weighted by Crippen LogP contribution is 2.30. The predicted molar refractivity (Wildman–Crippen MR) is 131 cm³/mol. The Morgan fingerprint density at radius 3 is 2.48 bits per heavy atom. The van der Waals surface area contributed by atoms with E-state index in [4.69, 9.17) is 21.1 Å². The maximum absolute atomic E-state index is 11.9. The van der Waals surface area contributed by atoms with Gasteiger partial charge in [-0.2, -0.15) is 0 Å². The van der Waals surface area contributed by atoms with Gasteiger partial charge in [-0.15, -0.1) is 0 Å². The molecule has 2 atom stereocenters. The number of hydrogen-bond acceptors (Lipinski definition) is 5. The van der Waals surface area contributed by atoms with Crippen LogP contribution in [-0.2, 0) is 14.3 Å². The number of hydrogen-bond donors (Lipinski definition) is 1. The Bertz CT molecular complexity index is 851. The minimum atomic E-state index is -0.0658. The summed E-state index contributed by atoms with van der Waals surface area (Å²) in [7, 11) is 0. The first-order chi connectivity index (χ1) is 16.2. The maximum Gasteiger partial charge on any atom is 0.246 e. The molecule has 1 N–H and O–H groups in total. The molecule has 2 fully saturated rings. The van der Waals surface area contributed by atoms with E-state index in [1.807, 2.05) is 12.1 Å². The van der Waals surface area contributed by atoms with Crippen LogP contribution in [0.2, 0.25) is 5.02 Å². The molecular formula is C26H34ClN3O3. The van der Waals surface area contributed by atoms with Gasteiger partial charge in [-0.3, -0.25) is 14.6 Å². The second kappa shape index (κ2) is 12.5. The van der Waals surface area contributed by atoms with Gasteiger partial charge in [-0.05, 0) is 36.1 Å². The molecule has 2 heterocycles. The topological polar surface area (TPSA) is 54.0 Å². The first-order valence-electron chi connectivity index (χ1n) is 11.9. The number of nitrogens with one attached hydrogen (secondary N) is 1. The highest BCUT2D eigenvalue weighted by molar-refractivity contribution is 6.30. The molecule has 2 aliphatic rings. The Hall–Kier alpha value is -1.96. The van der Waals surface area contributed by atoms with E-state index in [1.165, 1.54) is 11.1 Å². The number of ether oxygens (including phenoxy) is 2. The molecule has 2 aliphatic heterocycles. The van der Waals surface area contributed by atoms with Crippen LogP contribution >= 0.6 is 11.6 Å². The summed E-state index contributed by atoms with van der Waals surface area (Å²) in [6, 6.07) is 19.1. The lowest BCUT2D eigenvalue weighted by atomic mass is 9.96. The van der Waals surface area contributed by atoms with Crippen molar-refractivity contribution >= 4 is 17.5 Å². The van der Waals surface area contributed by atoms with Gasteiger partial charge in [-0.25, -0.2) is 0 Å². The number of amides is 1. The summed E-state index contributed by atoms with van der Waals surface area (Å²) in [5, 5.41) is 3.66. The van der Waals surface area contributed by atoms with E-state index in [0.29, 0.717) is 13.2 Å². The molecule has 6 nitrogen and oxygen atoms in total. The lowest BCUT2D eigenvalue weighted by Crippen LogP contribution is -2.48. The van der Waals surface area contributed by atoms with Crippen LogP contribution in [0.5, 0.6) is 0 Å². The Balaban J connectivity index is 1.21. The van der Waals surface area contributed by atoms with Crippen LogP contribution in [0.1, 0.15) is 30.0 Å². The Labute approximate surface area is 201 Å². The molecule has 2 saturated heterocycles. The van der Waals surface area contributed by atoms with Crippen molar-refractivity contribution in [3.63, 3.8) is 0 Å². The molecule has 2 aromatic rings. The Kier molecular flexibility index (Phi) is 9.15. The van der Waals surface area contributed by atoms with Gasteiger partial charge in [0.15, 0.2) is 0 Å². The van der Waals surface area contributed by atoms with E-state index < -0.39 is 0 Å². The summed E-state index contributed by atoms with van der Waals surface area (Å²) >= 11 is 6.13. The van der Waals surface area contributed by atoms with Gasteiger partial charge in [0.1, 0.15) is 6.61 Å². The highest BCUT2D eigenvalue weighted by Gasteiger charge is 2.26. The van der Waals surface area contributed by atoms with Gasteiger partial charge in [0.2, 0.25) is 5.91 Å². The van der Waals surface area contributed by atoms with Crippen molar-refractivity contribution < 1.29 is 14.3 Å². The number of nitrogens with zero attached hydrogens (tertiary/aromatic N) is 2. The van der Waals surface area contributed by atoms with Crippen molar-refractivity contribution in [3.8, 4) is 0 Å². The molecule has 178 valence electrons. The average Bonchev–Trinajstić information content (AvgIpc) is 3.37. The number of rotatable bonds is 10. The van der Waals surface area contributed by atoms with Crippen molar-refractivity contribution in [1.29, 1.82) is 0 Å². The molecule has 2 unspecified atom stereocenters. The molecule has 0 aromatic heterocycles. The minimum absolute atomic E-state index is 0.0658. The van der Waals surface area contributed by atoms with Crippen molar-refractivity contribution in [3.05, 3.63) is 70.7 Å². The van der Waals surface area contributed by atoms with E-state index in [9.17, 15) is 4.79 Å². The summed E-state index contributed by atoms with van der Waals surface area (Å²) in [5.41, 5.74) is 2.56. The maximum atomic E-state index is 11.9. The lowest BCUT2D eigenvalue weighted by molar-refractivity contribution is -0.126. The van der Waals surface area contributed by atoms with Gasteiger partial charge >= 0.3 is 0 Å². The molecule has 1 amide bonds. The molecule has 0 spiro atoms. The zero-order chi connectivity index (χ0) is 22.9. The second-order valence-corrected chi connectivity index (χ2v) is 9.17. The summed E-state index contributed by atoms with van der Waals surface area (Å²) in [6.45, 7) is 6.80. The molecule has 2 aromatic carbocycles. The standard InChI is InChI=1S/C26H34ClN3O3/c27-23-10-8-22(9-11-23)26(21-5-2-1-3-6-21)30-14-12-29(13-15-30)16-18-32-20-25(31)28-19-24-7-4-17-33-24/h1-3,5-6,8-11,24,26H,4,7,12-20H2,(H,28,31). The van der Waals surface area contributed by atoms with E-state index in [1.54, 1.807) is 0 Å². The quantitative estimate of drug-likeness (QED) is 0.538. The third-order valence-corrected chi connectivity index (χ3v) is 6.66. The van der Waals surface area contributed by atoms with Crippen LogP contribution in [0.4, 0.5) is 0 Å². The SMILES string of the molecule is O=C(COCCN1CCN(C(c2ccccc2)c2ccc(Cl)cc2)CC1)NCC1CCCO1. The van der Waals surface area contributed by atoms with Gasteiger partial charge in [0, 0.05) is 50.9 Å². The third-order valence-electron chi connectivity index (χ3n) is 6.41. The molecule has 7 heteroatoms. The van der Waals surface area contributed by atoms with Gasteiger partial charge in [0.25, 0.3) is 0 Å². The fourth-order valence-electron chi connectivity index (χ4n) is 4.58. The van der Waals surface area contributed by atoms with E-state index in [0.717, 1.165) is 57.2 Å². The van der Waals surface area contributed by atoms with Crippen molar-refractivity contribution in [1.82, 2.24) is 15.1 Å². The van der Waals surface area contributed by atoms with Gasteiger partial charge in [0.05, 0.1) is 18.8 Å². The third kappa shape index (κ3) is 7.26. The zero-order valence-electron chi connectivity index (χ0n) is 19.1. The van der Waals surface area contributed by atoms with Crippen LogP contribution in [-0.4, -0.2) is 80.9 Å². The smallest absolute Gasteiger partial charge is 0.246 e. The Morgan fingerprint density at radius 2 is 1.79 bits per heavy atom. The number of benzene rings is 2. The normalized spacial score (nSPS) is 20.6. The van der Waals surface area contributed by atoms with E-state index >= 15 is 0 Å². The summed E-state index contributed by atoms with van der Waals surface area (Å²) in [6.07, 6.45) is 2.27. The largest absolute Gasteiger partial charge is 0.376 e. The van der Waals surface area contributed by atoms with Crippen LogP contribution in [0.3, 0.4) is 0 Å². The predicted octanol–water partition coefficient (Wildman–Crippen LogP) is 3.36. The van der Waals surface area contributed by atoms with Crippen molar-refractivity contribution in [2.24, 2.45) is 0 Å². The fourth-order valence-corrected chi connectivity index (χ4v) is 4.71. The average molecular weight is 472 g/mol. The molecule has 0 saturated carbocycles. The minimum Gasteiger partial charge on any atom is -0.376 e. The monoisotopic (exact) mass is 471 g/mol.